The summed E-state index contributed by atoms with van der Waals surface area (Å²) < 4.78 is 5.21. The number of urea groups is 1. The lowest BCUT2D eigenvalue weighted by atomic mass is 10.1. The molecule has 0 aromatic carbocycles. The van der Waals surface area contributed by atoms with Crippen LogP contribution in [0, 0.1) is 0 Å². The zero-order valence-electron chi connectivity index (χ0n) is 13.6. The second kappa shape index (κ2) is 7.35. The van der Waals surface area contributed by atoms with Gasteiger partial charge in [0.2, 0.25) is 0 Å². The van der Waals surface area contributed by atoms with Crippen molar-refractivity contribution < 1.29 is 19.1 Å². The van der Waals surface area contributed by atoms with Crippen LogP contribution in [-0.4, -0.2) is 39.5 Å². The molecular weight excluding hydrogens is 324 g/mol. The average Bonchev–Trinajstić information content (AvgIpc) is 3.27. The Labute approximate surface area is 144 Å². The first-order valence-corrected chi connectivity index (χ1v) is 8.09. The van der Waals surface area contributed by atoms with Gasteiger partial charge in [-0.05, 0) is 37.1 Å². The van der Waals surface area contributed by atoms with Gasteiger partial charge in [-0.3, -0.25) is 4.79 Å². The SMILES string of the molecule is NC(=O)c1ccc(NC(=O)N2CCC[C@@H]2C[C@@H](O)c2ccco2)cn1. The number of nitrogens with one attached hydrogen (secondary N) is 1. The van der Waals surface area contributed by atoms with Crippen LogP contribution in [0.15, 0.2) is 41.1 Å². The Balaban J connectivity index is 1.61. The molecule has 1 aliphatic heterocycles. The Morgan fingerprint density at radius 2 is 2.28 bits per heavy atom. The first kappa shape index (κ1) is 17.0. The summed E-state index contributed by atoms with van der Waals surface area (Å²) in [6.07, 6.45) is 4.28. The summed E-state index contributed by atoms with van der Waals surface area (Å²) in [6.45, 7) is 0.619. The predicted molar refractivity (Wildman–Crippen MR) is 89.8 cm³/mol. The number of pyridine rings is 1. The monoisotopic (exact) mass is 344 g/mol. The van der Waals surface area contributed by atoms with Crippen LogP contribution in [0.5, 0.6) is 0 Å². The Bertz CT molecular complexity index is 730. The number of nitrogens with zero attached hydrogens (tertiary/aromatic N) is 2. The smallest absolute Gasteiger partial charge is 0.322 e. The highest BCUT2D eigenvalue weighted by molar-refractivity contribution is 5.92. The standard InChI is InChI=1S/C17H20N4O4/c18-16(23)13-6-5-11(10-19-13)20-17(24)21-7-1-3-12(21)9-14(22)15-4-2-8-25-15/h2,4-6,8,10,12,14,22H,1,3,7,9H2,(H2,18,23)(H,20,24)/t12-,14-/m1/s1. The van der Waals surface area contributed by atoms with Crippen molar-refractivity contribution >= 4 is 17.6 Å². The van der Waals surface area contributed by atoms with Crippen LogP contribution in [0.2, 0.25) is 0 Å². The van der Waals surface area contributed by atoms with Gasteiger partial charge in [0.15, 0.2) is 0 Å². The molecule has 8 nitrogen and oxygen atoms in total. The van der Waals surface area contributed by atoms with Gasteiger partial charge in [-0.1, -0.05) is 0 Å². The molecule has 4 N–H and O–H groups in total. The van der Waals surface area contributed by atoms with Crippen LogP contribution < -0.4 is 11.1 Å². The number of aliphatic hydroxyl groups excluding tert-OH is 1. The lowest BCUT2D eigenvalue weighted by molar-refractivity contribution is 0.0995. The Hall–Kier alpha value is -2.87. The van der Waals surface area contributed by atoms with Gasteiger partial charge >= 0.3 is 6.03 Å². The van der Waals surface area contributed by atoms with E-state index in [9.17, 15) is 14.7 Å². The number of nitrogens with two attached hydrogens (primary N) is 1. The quantitative estimate of drug-likeness (QED) is 0.764. The molecule has 1 aliphatic rings. The summed E-state index contributed by atoms with van der Waals surface area (Å²) in [6, 6.07) is 6.14. The van der Waals surface area contributed by atoms with Crippen molar-refractivity contribution in [3.05, 3.63) is 48.2 Å². The molecule has 3 rings (SSSR count). The molecule has 1 saturated heterocycles. The number of carbonyl (C=O) groups is 2. The van der Waals surface area contributed by atoms with Crippen LogP contribution >= 0.6 is 0 Å². The second-order valence-electron chi connectivity index (χ2n) is 5.98. The summed E-state index contributed by atoms with van der Waals surface area (Å²) in [4.78, 5) is 29.1. The van der Waals surface area contributed by atoms with E-state index in [4.69, 9.17) is 10.2 Å². The summed E-state index contributed by atoms with van der Waals surface area (Å²) in [5.74, 6) is -0.122. The Kier molecular flexibility index (Phi) is 4.99. The number of carbonyl (C=O) groups excluding carboxylic acids is 2. The van der Waals surface area contributed by atoms with E-state index in [1.165, 1.54) is 18.5 Å². The van der Waals surface area contributed by atoms with E-state index in [2.05, 4.69) is 10.3 Å². The van der Waals surface area contributed by atoms with Crippen LogP contribution in [-0.2, 0) is 0 Å². The Morgan fingerprint density at radius 3 is 2.92 bits per heavy atom. The van der Waals surface area contributed by atoms with Crippen molar-refractivity contribution in [3.63, 3.8) is 0 Å². The minimum Gasteiger partial charge on any atom is -0.467 e. The van der Waals surface area contributed by atoms with Crippen LogP contribution in [0.25, 0.3) is 0 Å². The number of rotatable bonds is 5. The lowest BCUT2D eigenvalue weighted by Crippen LogP contribution is -2.39. The van der Waals surface area contributed by atoms with Crippen molar-refractivity contribution in [2.24, 2.45) is 5.73 Å². The fraction of sp³-hybridized carbons (Fsp3) is 0.353. The van der Waals surface area contributed by atoms with E-state index < -0.39 is 12.0 Å². The molecule has 2 atom stereocenters. The number of primary amides is 1. The van der Waals surface area contributed by atoms with Crippen molar-refractivity contribution in [3.8, 4) is 0 Å². The van der Waals surface area contributed by atoms with Crippen LogP contribution in [0.4, 0.5) is 10.5 Å². The van der Waals surface area contributed by atoms with E-state index in [-0.39, 0.29) is 17.8 Å². The topological polar surface area (TPSA) is 122 Å². The third-order valence-corrected chi connectivity index (χ3v) is 4.27. The molecule has 0 spiro atoms. The summed E-state index contributed by atoms with van der Waals surface area (Å²) >= 11 is 0. The van der Waals surface area contributed by atoms with E-state index >= 15 is 0 Å². The third kappa shape index (κ3) is 3.97. The van der Waals surface area contributed by atoms with Crippen LogP contribution in [0.1, 0.15) is 41.6 Å². The summed E-state index contributed by atoms with van der Waals surface area (Å²) in [5.41, 5.74) is 5.76. The number of amides is 3. The minimum absolute atomic E-state index is 0.0713. The molecule has 0 aliphatic carbocycles. The van der Waals surface area contributed by atoms with Gasteiger partial charge in [0.25, 0.3) is 5.91 Å². The van der Waals surface area contributed by atoms with Crippen molar-refractivity contribution in [1.29, 1.82) is 0 Å². The van der Waals surface area contributed by atoms with Crippen molar-refractivity contribution in [2.45, 2.75) is 31.4 Å². The average molecular weight is 344 g/mol. The number of hydrogen-bond donors (Lipinski definition) is 3. The molecule has 0 bridgehead atoms. The second-order valence-corrected chi connectivity index (χ2v) is 5.98. The largest absolute Gasteiger partial charge is 0.467 e. The molecule has 0 unspecified atom stereocenters. The molecule has 2 aromatic rings. The molecule has 3 heterocycles. The van der Waals surface area contributed by atoms with Gasteiger partial charge in [-0.15, -0.1) is 0 Å². The number of aliphatic hydroxyl groups is 1. The molecule has 0 radical (unpaired) electrons. The van der Waals surface area contributed by atoms with E-state index in [1.54, 1.807) is 23.1 Å². The van der Waals surface area contributed by atoms with E-state index in [0.29, 0.717) is 24.4 Å². The lowest BCUT2D eigenvalue weighted by Gasteiger charge is -2.26. The zero-order chi connectivity index (χ0) is 17.8. The highest BCUT2D eigenvalue weighted by Crippen LogP contribution is 2.28. The zero-order valence-corrected chi connectivity index (χ0v) is 13.6. The maximum absolute atomic E-state index is 12.5. The van der Waals surface area contributed by atoms with Gasteiger partial charge in [0.1, 0.15) is 17.6 Å². The van der Waals surface area contributed by atoms with E-state index in [0.717, 1.165) is 12.8 Å². The minimum atomic E-state index is -0.745. The third-order valence-electron chi connectivity index (χ3n) is 4.27. The van der Waals surface area contributed by atoms with Gasteiger partial charge in [0, 0.05) is 19.0 Å². The summed E-state index contributed by atoms with van der Waals surface area (Å²) in [7, 11) is 0. The molecule has 1 fully saturated rings. The fourth-order valence-corrected chi connectivity index (χ4v) is 3.01. The predicted octanol–water partition coefficient (Wildman–Crippen LogP) is 1.89. The first-order valence-electron chi connectivity index (χ1n) is 8.09. The maximum Gasteiger partial charge on any atom is 0.322 e. The van der Waals surface area contributed by atoms with Gasteiger partial charge in [-0.25, -0.2) is 9.78 Å². The van der Waals surface area contributed by atoms with Crippen molar-refractivity contribution in [2.75, 3.05) is 11.9 Å². The molecule has 132 valence electrons. The maximum atomic E-state index is 12.5. The normalized spacial score (nSPS) is 18.1. The molecule has 2 aromatic heterocycles. The van der Waals surface area contributed by atoms with E-state index in [1.807, 2.05) is 0 Å². The van der Waals surface area contributed by atoms with Crippen LogP contribution in [0.3, 0.4) is 0 Å². The van der Waals surface area contributed by atoms with Gasteiger partial charge < -0.3 is 25.5 Å². The number of anilines is 1. The summed E-state index contributed by atoms with van der Waals surface area (Å²) in [5, 5.41) is 13.0. The Morgan fingerprint density at radius 1 is 1.44 bits per heavy atom. The molecule has 0 saturated carbocycles. The first-order chi connectivity index (χ1) is 12.0. The van der Waals surface area contributed by atoms with Gasteiger partial charge in [0.05, 0.1) is 18.1 Å². The number of furan rings is 1. The number of likely N-dealkylation sites (tertiary alicyclic amines) is 1. The molecule has 8 heteroatoms. The molecular formula is C17H20N4O4. The highest BCUT2D eigenvalue weighted by atomic mass is 16.4. The van der Waals surface area contributed by atoms with Crippen molar-refractivity contribution in [1.82, 2.24) is 9.88 Å². The van der Waals surface area contributed by atoms with Gasteiger partial charge in [-0.2, -0.15) is 0 Å². The number of aromatic nitrogens is 1. The fourth-order valence-electron chi connectivity index (χ4n) is 3.01. The number of hydrogen-bond acceptors (Lipinski definition) is 5. The molecule has 25 heavy (non-hydrogen) atoms. The molecule has 3 amide bonds. The highest BCUT2D eigenvalue weighted by Gasteiger charge is 2.31.